The number of para-hydroxylation sites is 2. The number of benzene rings is 2. The van der Waals surface area contributed by atoms with Crippen LogP contribution in [0.25, 0.3) is 5.57 Å². The predicted octanol–water partition coefficient (Wildman–Crippen LogP) is 5.31. The van der Waals surface area contributed by atoms with E-state index in [2.05, 4.69) is 77.4 Å². The molecule has 26 heavy (non-hydrogen) atoms. The average Bonchev–Trinajstić information content (AvgIpc) is 2.97. The van der Waals surface area contributed by atoms with E-state index in [0.717, 1.165) is 24.6 Å². The van der Waals surface area contributed by atoms with Gasteiger partial charge in [0.1, 0.15) is 0 Å². The molecular weight excluding hydrogens is 359 g/mol. The fraction of sp³-hybridized carbons (Fsp3) is 0.250. The van der Waals surface area contributed by atoms with Crippen molar-refractivity contribution in [3.8, 4) is 0 Å². The van der Waals surface area contributed by atoms with E-state index in [-0.39, 0.29) is 0 Å². The second-order valence-corrected chi connectivity index (χ2v) is 10.2. The van der Waals surface area contributed by atoms with Crippen molar-refractivity contribution in [1.29, 1.82) is 0 Å². The van der Waals surface area contributed by atoms with E-state index in [0.29, 0.717) is 0 Å². The van der Waals surface area contributed by atoms with Gasteiger partial charge >= 0.3 is 0 Å². The molecule has 1 atom stereocenters. The van der Waals surface area contributed by atoms with Gasteiger partial charge in [-0.1, -0.05) is 50.2 Å². The molecule has 0 bridgehead atoms. The summed E-state index contributed by atoms with van der Waals surface area (Å²) in [5.41, 5.74) is 4.68. The third kappa shape index (κ3) is 2.46. The van der Waals surface area contributed by atoms with Gasteiger partial charge in [-0.15, -0.1) is 5.10 Å². The summed E-state index contributed by atoms with van der Waals surface area (Å²) >= 11 is 6.45. The number of amidine groups is 1. The van der Waals surface area contributed by atoms with E-state index in [1.54, 1.807) is 0 Å². The van der Waals surface area contributed by atoms with Gasteiger partial charge in [-0.2, -0.15) is 0 Å². The highest BCUT2D eigenvalue weighted by Crippen LogP contribution is 2.64. The van der Waals surface area contributed by atoms with Crippen molar-refractivity contribution in [3.05, 3.63) is 66.2 Å². The smallest absolute Gasteiger partial charge is 0.220 e. The van der Waals surface area contributed by atoms with Crippen LogP contribution in [0.4, 0.5) is 11.4 Å². The van der Waals surface area contributed by atoms with Gasteiger partial charge in [0.05, 0.1) is 11.4 Å². The molecule has 0 fully saturated rings. The minimum atomic E-state index is -2.32. The summed E-state index contributed by atoms with van der Waals surface area (Å²) in [6.07, 6.45) is 2.16. The molecule has 0 aliphatic carbocycles. The molecule has 0 aromatic heterocycles. The first-order valence-corrected chi connectivity index (χ1v) is 11.6. The lowest BCUT2D eigenvalue weighted by Crippen LogP contribution is -2.37. The minimum absolute atomic E-state index is 0.890. The molecule has 0 N–H and O–H groups in total. The highest BCUT2D eigenvalue weighted by Gasteiger charge is 2.47. The summed E-state index contributed by atoms with van der Waals surface area (Å²) < 4.78 is 6.79. The zero-order valence-electron chi connectivity index (χ0n) is 15.3. The van der Waals surface area contributed by atoms with Crippen molar-refractivity contribution in [1.82, 2.24) is 4.67 Å². The lowest BCUT2D eigenvalue weighted by Gasteiger charge is -2.43. The van der Waals surface area contributed by atoms with Crippen LogP contribution < -0.4 is 9.45 Å². The Morgan fingerprint density at radius 2 is 1.65 bits per heavy atom. The van der Waals surface area contributed by atoms with Crippen molar-refractivity contribution < 1.29 is 0 Å². The van der Waals surface area contributed by atoms with Gasteiger partial charge in [-0.05, 0) is 48.6 Å². The molecule has 2 heterocycles. The maximum absolute atomic E-state index is 6.45. The molecule has 2 aromatic carbocycles. The summed E-state index contributed by atoms with van der Waals surface area (Å²) in [6.45, 7) is 5.96. The van der Waals surface area contributed by atoms with E-state index < -0.39 is 6.49 Å². The molecule has 6 heteroatoms. The SMILES string of the molecule is CCN(CC)[P@]1(=S)N(c2ccccc2)N=C2C=C(C)c3ccccc3N21. The third-order valence-electron chi connectivity index (χ3n) is 4.91. The molecule has 4 rings (SSSR count). The standard InChI is InChI=1S/C20H23N4PS/c1-4-22(5-2)25(26)23-19-14-10-9-13-18(19)16(3)15-20(23)21-24(25)17-11-7-6-8-12-17/h6-15H,4-5H2,1-3H3/t25-/m1/s1. The van der Waals surface area contributed by atoms with Crippen LogP contribution in [0.3, 0.4) is 0 Å². The summed E-state index contributed by atoms with van der Waals surface area (Å²) in [4.78, 5) is 0. The molecule has 2 aromatic rings. The van der Waals surface area contributed by atoms with Gasteiger partial charge in [0.15, 0.2) is 5.84 Å². The Morgan fingerprint density at radius 1 is 1.00 bits per heavy atom. The van der Waals surface area contributed by atoms with E-state index >= 15 is 0 Å². The molecule has 0 amide bonds. The van der Waals surface area contributed by atoms with E-state index in [9.17, 15) is 0 Å². The molecule has 0 radical (unpaired) electrons. The highest BCUT2D eigenvalue weighted by atomic mass is 32.4. The average molecular weight is 382 g/mol. The minimum Gasteiger partial charge on any atom is -0.266 e. The Balaban J connectivity index is 1.96. The van der Waals surface area contributed by atoms with Gasteiger partial charge in [0.25, 0.3) is 0 Å². The number of hydrogen-bond donors (Lipinski definition) is 0. The number of hydrogen-bond acceptors (Lipinski definition) is 2. The number of anilines is 2. The van der Waals surface area contributed by atoms with Crippen LogP contribution in [-0.2, 0) is 11.8 Å². The first-order chi connectivity index (χ1) is 12.6. The number of allylic oxidation sites excluding steroid dienone is 1. The molecule has 4 nitrogen and oxygen atoms in total. The number of nitrogens with zero attached hydrogens (tertiary/aromatic N) is 4. The predicted molar refractivity (Wildman–Crippen MR) is 116 cm³/mol. The molecule has 0 unspecified atom stereocenters. The lowest BCUT2D eigenvalue weighted by atomic mass is 10.0. The Labute approximate surface area is 160 Å². The number of hydrazone groups is 1. The molecule has 0 saturated heterocycles. The fourth-order valence-corrected chi connectivity index (χ4v) is 8.10. The fourth-order valence-electron chi connectivity index (χ4n) is 3.64. The monoisotopic (exact) mass is 382 g/mol. The maximum atomic E-state index is 6.45. The Kier molecular flexibility index (Phi) is 4.47. The largest absolute Gasteiger partial charge is 0.266 e. The van der Waals surface area contributed by atoms with E-state index in [1.165, 1.54) is 16.8 Å². The summed E-state index contributed by atoms with van der Waals surface area (Å²) in [6, 6.07) is 18.8. The zero-order valence-corrected chi connectivity index (χ0v) is 17.0. The lowest BCUT2D eigenvalue weighted by molar-refractivity contribution is 0.503. The zero-order chi connectivity index (χ0) is 18.3. The Bertz CT molecular complexity index is 934. The molecular formula is C20H23N4PS. The molecule has 0 spiro atoms. The van der Waals surface area contributed by atoms with Crippen LogP contribution in [0.2, 0.25) is 0 Å². The second-order valence-electron chi connectivity index (χ2n) is 6.39. The maximum Gasteiger partial charge on any atom is 0.220 e. The second kappa shape index (κ2) is 6.66. The van der Waals surface area contributed by atoms with E-state index in [1.807, 2.05) is 18.2 Å². The quantitative estimate of drug-likeness (QED) is 0.668. The summed E-state index contributed by atoms with van der Waals surface area (Å²) in [5.74, 6) is 0.945. The first kappa shape index (κ1) is 17.5. The molecule has 2 aliphatic heterocycles. The van der Waals surface area contributed by atoms with Gasteiger partial charge < -0.3 is 0 Å². The van der Waals surface area contributed by atoms with Crippen molar-refractivity contribution >= 4 is 41.1 Å². The van der Waals surface area contributed by atoms with Gasteiger partial charge in [0.2, 0.25) is 6.49 Å². The van der Waals surface area contributed by atoms with Gasteiger partial charge in [-0.3, -0.25) is 4.67 Å². The van der Waals surface area contributed by atoms with Crippen molar-refractivity contribution in [2.75, 3.05) is 22.5 Å². The third-order valence-corrected chi connectivity index (χ3v) is 9.61. The summed E-state index contributed by atoms with van der Waals surface area (Å²) in [7, 11) is 0. The van der Waals surface area contributed by atoms with Gasteiger partial charge in [0, 0.05) is 18.7 Å². The highest BCUT2D eigenvalue weighted by molar-refractivity contribution is 8.15. The molecule has 134 valence electrons. The normalized spacial score (nSPS) is 21.4. The van der Waals surface area contributed by atoms with Crippen molar-refractivity contribution in [3.63, 3.8) is 0 Å². The van der Waals surface area contributed by atoms with Crippen LogP contribution in [0.5, 0.6) is 0 Å². The van der Waals surface area contributed by atoms with E-state index in [4.69, 9.17) is 16.9 Å². The number of rotatable bonds is 4. The molecule has 2 aliphatic rings. The Hall–Kier alpha value is -1.94. The van der Waals surface area contributed by atoms with Crippen molar-refractivity contribution in [2.45, 2.75) is 20.8 Å². The molecule has 0 saturated carbocycles. The summed E-state index contributed by atoms with van der Waals surface area (Å²) in [5, 5.41) is 5.00. The topological polar surface area (TPSA) is 22.1 Å². The van der Waals surface area contributed by atoms with Crippen LogP contribution in [0.1, 0.15) is 26.3 Å². The van der Waals surface area contributed by atoms with Crippen molar-refractivity contribution in [2.24, 2.45) is 5.10 Å². The van der Waals surface area contributed by atoms with Crippen LogP contribution in [-0.4, -0.2) is 23.6 Å². The number of fused-ring (bicyclic) bond motifs is 3. The first-order valence-electron chi connectivity index (χ1n) is 8.99. The van der Waals surface area contributed by atoms with Crippen LogP contribution in [0, 0.1) is 0 Å². The Morgan fingerprint density at radius 3 is 2.35 bits per heavy atom. The van der Waals surface area contributed by atoms with Gasteiger partial charge in [-0.25, -0.2) is 9.45 Å². The van der Waals surface area contributed by atoms with Crippen LogP contribution in [0.15, 0.2) is 65.8 Å². The van der Waals surface area contributed by atoms with Crippen LogP contribution >= 0.6 is 6.49 Å².